The number of tetrazole rings is 1. The van der Waals surface area contributed by atoms with Crippen LogP contribution in [-0.4, -0.2) is 50.2 Å². The Morgan fingerprint density at radius 1 is 0.829 bits per heavy atom. The Morgan fingerprint density at radius 2 is 1.60 bits per heavy atom. The number of H-pyrrole nitrogens is 1. The molecule has 1 aromatic heterocycles. The number of anilines is 2. The number of para-hydroxylation sites is 1. The zero-order valence-corrected chi connectivity index (χ0v) is 20.4. The second kappa shape index (κ2) is 8.81. The minimum atomic E-state index is 0.513. The smallest absolute Gasteiger partial charge is 0.179 e. The molecule has 0 aliphatic carbocycles. The van der Waals surface area contributed by atoms with Gasteiger partial charge >= 0.3 is 0 Å². The van der Waals surface area contributed by atoms with Gasteiger partial charge in [0.15, 0.2) is 5.82 Å². The van der Waals surface area contributed by atoms with Crippen LogP contribution in [0.5, 0.6) is 0 Å². The molecule has 4 aromatic rings. The van der Waals surface area contributed by atoms with Crippen molar-refractivity contribution >= 4 is 23.1 Å². The molecule has 0 radical (unpaired) electrons. The number of fused-ring (bicyclic) bond motifs is 4. The van der Waals surface area contributed by atoms with Crippen LogP contribution in [0.25, 0.3) is 11.4 Å². The summed E-state index contributed by atoms with van der Waals surface area (Å²) in [5, 5.41) is 14.5. The van der Waals surface area contributed by atoms with E-state index in [0.717, 1.165) is 12.0 Å². The van der Waals surface area contributed by atoms with Crippen LogP contribution >= 0.6 is 11.8 Å². The Hall–Kier alpha value is -3.16. The zero-order valence-electron chi connectivity index (χ0n) is 19.5. The number of hydrogen-bond acceptors (Lipinski definition) is 6. The Labute approximate surface area is 209 Å². The van der Waals surface area contributed by atoms with Crippen LogP contribution in [-0.2, 0) is 6.42 Å². The third kappa shape index (κ3) is 3.83. The van der Waals surface area contributed by atoms with E-state index in [4.69, 9.17) is 0 Å². The number of benzene rings is 3. The van der Waals surface area contributed by atoms with Gasteiger partial charge in [-0.3, -0.25) is 4.90 Å². The molecule has 7 rings (SSSR count). The lowest BCUT2D eigenvalue weighted by atomic mass is 9.94. The van der Waals surface area contributed by atoms with Gasteiger partial charge in [-0.25, -0.2) is 5.10 Å². The Kier molecular flexibility index (Phi) is 5.32. The molecule has 3 aliphatic heterocycles. The summed E-state index contributed by atoms with van der Waals surface area (Å²) < 4.78 is 0. The summed E-state index contributed by atoms with van der Waals surface area (Å²) in [6.07, 6.45) is 6.23. The van der Waals surface area contributed by atoms with Gasteiger partial charge in [-0.1, -0.05) is 54.2 Å². The Morgan fingerprint density at radius 3 is 2.40 bits per heavy atom. The molecule has 35 heavy (non-hydrogen) atoms. The normalized spacial score (nSPS) is 23.2. The van der Waals surface area contributed by atoms with Gasteiger partial charge in [0.25, 0.3) is 0 Å². The number of hydrogen-bond donors (Lipinski definition) is 1. The molecule has 0 amide bonds. The van der Waals surface area contributed by atoms with Crippen molar-refractivity contribution < 1.29 is 0 Å². The summed E-state index contributed by atoms with van der Waals surface area (Å²) in [6.45, 7) is 1.17. The predicted octanol–water partition coefficient (Wildman–Crippen LogP) is 5.71. The predicted molar refractivity (Wildman–Crippen MR) is 139 cm³/mol. The fourth-order valence-electron chi connectivity index (χ4n) is 6.33. The number of piperidine rings is 1. The summed E-state index contributed by atoms with van der Waals surface area (Å²) in [5.74, 6) is 0.712. The molecule has 2 atom stereocenters. The van der Waals surface area contributed by atoms with Gasteiger partial charge < -0.3 is 4.90 Å². The van der Waals surface area contributed by atoms with Gasteiger partial charge in [0.2, 0.25) is 0 Å². The van der Waals surface area contributed by atoms with Crippen LogP contribution in [0.4, 0.5) is 11.4 Å². The molecule has 176 valence electrons. The molecule has 2 fully saturated rings. The SMILES string of the molecule is c1ccc(CCN2C3CCC2CC(N2c4ccccc4Sc4cc(-c5nnn[nH]5)ccc42)C3)cc1. The highest BCUT2D eigenvalue weighted by molar-refractivity contribution is 7.99. The molecule has 7 heteroatoms. The summed E-state index contributed by atoms with van der Waals surface area (Å²) in [4.78, 5) is 8.06. The van der Waals surface area contributed by atoms with Crippen LogP contribution in [0.3, 0.4) is 0 Å². The van der Waals surface area contributed by atoms with Gasteiger partial charge in [0.05, 0.1) is 11.4 Å². The highest BCUT2D eigenvalue weighted by atomic mass is 32.2. The van der Waals surface area contributed by atoms with Crippen molar-refractivity contribution in [2.45, 2.75) is 60.0 Å². The third-order valence-corrected chi connectivity index (χ3v) is 9.02. The Bertz CT molecular complexity index is 1310. The quantitative estimate of drug-likeness (QED) is 0.395. The van der Waals surface area contributed by atoms with E-state index in [-0.39, 0.29) is 0 Å². The van der Waals surface area contributed by atoms with Crippen LogP contribution in [0, 0.1) is 0 Å². The second-order valence-electron chi connectivity index (χ2n) is 9.86. The van der Waals surface area contributed by atoms with Gasteiger partial charge in [-0.15, -0.1) is 5.10 Å². The maximum atomic E-state index is 4.12. The molecular weight excluding hydrogens is 452 g/mol. The molecule has 4 heterocycles. The van der Waals surface area contributed by atoms with Gasteiger partial charge in [0, 0.05) is 40.0 Å². The number of nitrogens with zero attached hydrogens (tertiary/aromatic N) is 5. The molecule has 2 bridgehead atoms. The fourth-order valence-corrected chi connectivity index (χ4v) is 7.44. The molecule has 3 aliphatic rings. The minimum absolute atomic E-state index is 0.513. The first-order chi connectivity index (χ1) is 17.3. The van der Waals surface area contributed by atoms with E-state index in [1.165, 1.54) is 59.0 Å². The van der Waals surface area contributed by atoms with Crippen molar-refractivity contribution in [2.24, 2.45) is 0 Å². The maximum Gasteiger partial charge on any atom is 0.179 e. The zero-order chi connectivity index (χ0) is 23.2. The van der Waals surface area contributed by atoms with Crippen LogP contribution < -0.4 is 4.90 Å². The van der Waals surface area contributed by atoms with Gasteiger partial charge in [-0.05, 0) is 78.4 Å². The number of nitrogens with one attached hydrogen (secondary N) is 1. The molecule has 1 N–H and O–H groups in total. The minimum Gasteiger partial charge on any atom is -0.336 e. The Balaban J connectivity index is 1.18. The maximum absolute atomic E-state index is 4.12. The van der Waals surface area contributed by atoms with Crippen molar-refractivity contribution in [3.05, 3.63) is 78.4 Å². The first kappa shape index (κ1) is 21.1. The topological polar surface area (TPSA) is 60.9 Å². The van der Waals surface area contributed by atoms with E-state index in [9.17, 15) is 0 Å². The fraction of sp³-hybridized carbons (Fsp3) is 0.321. The van der Waals surface area contributed by atoms with Crippen molar-refractivity contribution in [2.75, 3.05) is 11.4 Å². The van der Waals surface area contributed by atoms with E-state index < -0.39 is 0 Å². The molecule has 3 aromatic carbocycles. The largest absolute Gasteiger partial charge is 0.336 e. The molecule has 2 unspecified atom stereocenters. The first-order valence-electron chi connectivity index (χ1n) is 12.6. The van der Waals surface area contributed by atoms with Crippen molar-refractivity contribution in [3.8, 4) is 11.4 Å². The molecule has 6 nitrogen and oxygen atoms in total. The van der Waals surface area contributed by atoms with Crippen LogP contribution in [0.15, 0.2) is 82.6 Å². The standard InChI is InChI=1S/C28H28N6S/c1-2-6-19(7-3-1)14-15-33-21-11-12-22(33)18-23(17-21)34-24-8-4-5-9-26(24)35-27-16-20(10-13-25(27)34)28-29-31-32-30-28/h1-10,13,16,21-23H,11-12,14-15,17-18H2,(H,29,30,31,32). The molecule has 0 saturated carbocycles. The lowest BCUT2D eigenvalue weighted by Gasteiger charge is -2.46. The van der Waals surface area contributed by atoms with E-state index in [2.05, 4.69) is 103 Å². The molecule has 0 spiro atoms. The average molecular weight is 481 g/mol. The van der Waals surface area contributed by atoms with Crippen molar-refractivity contribution in [1.82, 2.24) is 25.5 Å². The summed E-state index contributed by atoms with van der Waals surface area (Å²) in [5.41, 5.74) is 5.13. The highest BCUT2D eigenvalue weighted by Gasteiger charge is 2.43. The summed E-state index contributed by atoms with van der Waals surface area (Å²) in [6, 6.07) is 28.3. The number of aromatic amines is 1. The van der Waals surface area contributed by atoms with E-state index in [0.29, 0.717) is 23.9 Å². The van der Waals surface area contributed by atoms with Gasteiger partial charge in [-0.2, -0.15) is 0 Å². The third-order valence-electron chi connectivity index (χ3n) is 7.91. The summed E-state index contributed by atoms with van der Waals surface area (Å²) >= 11 is 1.85. The number of rotatable bonds is 5. The molecular formula is C28H28N6S. The van der Waals surface area contributed by atoms with Crippen LogP contribution in [0.2, 0.25) is 0 Å². The summed E-state index contributed by atoms with van der Waals surface area (Å²) in [7, 11) is 0. The number of aromatic nitrogens is 4. The monoisotopic (exact) mass is 480 g/mol. The van der Waals surface area contributed by atoms with Crippen molar-refractivity contribution in [1.29, 1.82) is 0 Å². The lowest BCUT2D eigenvalue weighted by Crippen LogP contribution is -2.50. The average Bonchev–Trinajstić information content (AvgIpc) is 3.52. The van der Waals surface area contributed by atoms with E-state index in [1.54, 1.807) is 0 Å². The second-order valence-corrected chi connectivity index (χ2v) is 10.9. The van der Waals surface area contributed by atoms with E-state index in [1.807, 2.05) is 11.8 Å². The van der Waals surface area contributed by atoms with Crippen LogP contribution in [0.1, 0.15) is 31.2 Å². The van der Waals surface area contributed by atoms with E-state index >= 15 is 0 Å². The first-order valence-corrected chi connectivity index (χ1v) is 13.4. The van der Waals surface area contributed by atoms with Gasteiger partial charge in [0.1, 0.15) is 0 Å². The molecule has 2 saturated heterocycles. The lowest BCUT2D eigenvalue weighted by molar-refractivity contribution is 0.129. The highest BCUT2D eigenvalue weighted by Crippen LogP contribution is 2.52. The van der Waals surface area contributed by atoms with Crippen molar-refractivity contribution in [3.63, 3.8) is 0 Å².